The van der Waals surface area contributed by atoms with E-state index in [1.54, 1.807) is 0 Å². The van der Waals surface area contributed by atoms with Crippen molar-refractivity contribution >= 4 is 22.3 Å². The molecule has 2 aromatic heterocycles. The average Bonchev–Trinajstić information content (AvgIpc) is 3.60. The number of H-pyrrole nitrogens is 1. The highest BCUT2D eigenvalue weighted by Gasteiger charge is 2.36. The summed E-state index contributed by atoms with van der Waals surface area (Å²) in [6.45, 7) is 3.92. The van der Waals surface area contributed by atoms with Crippen LogP contribution in [0.1, 0.15) is 67.3 Å². The molecule has 4 N–H and O–H groups in total. The van der Waals surface area contributed by atoms with Crippen LogP contribution in [0.3, 0.4) is 0 Å². The van der Waals surface area contributed by atoms with E-state index in [1.165, 1.54) is 12.8 Å². The van der Waals surface area contributed by atoms with Crippen LogP contribution in [0.2, 0.25) is 0 Å². The summed E-state index contributed by atoms with van der Waals surface area (Å²) in [5.74, 6) is 3.13. The largest absolute Gasteiger partial charge is 0.401 e. The molecule has 3 aliphatic carbocycles. The molecule has 2 heterocycles. The monoisotopic (exact) mass is 401 g/mol. The van der Waals surface area contributed by atoms with Crippen molar-refractivity contribution in [2.24, 2.45) is 17.6 Å². The summed E-state index contributed by atoms with van der Waals surface area (Å²) < 4.78 is 5.45. The number of aryl methyl sites for hydroxylation is 2. The zero-order valence-electron chi connectivity index (χ0n) is 17.5. The molecule has 3 aliphatic rings. The minimum atomic E-state index is 0.330. The van der Waals surface area contributed by atoms with Crippen molar-refractivity contribution in [3.05, 3.63) is 40.7 Å². The third-order valence-electron chi connectivity index (χ3n) is 6.72. The normalized spacial score (nSPS) is 19.9. The second-order valence-corrected chi connectivity index (χ2v) is 9.31. The molecule has 0 unspecified atom stereocenters. The Balaban J connectivity index is 1.62. The molecule has 3 aromatic rings. The first kappa shape index (κ1) is 17.9. The van der Waals surface area contributed by atoms with E-state index in [0.29, 0.717) is 23.5 Å². The van der Waals surface area contributed by atoms with E-state index in [0.717, 1.165) is 82.0 Å². The Morgan fingerprint density at radius 2 is 1.83 bits per heavy atom. The lowest BCUT2D eigenvalue weighted by atomic mass is 9.90. The molecular weight excluding hydrogens is 374 g/mol. The van der Waals surface area contributed by atoms with Crippen molar-refractivity contribution in [3.8, 4) is 11.1 Å². The minimum Gasteiger partial charge on any atom is -0.401 e. The van der Waals surface area contributed by atoms with Gasteiger partial charge in [-0.1, -0.05) is 5.16 Å². The van der Waals surface area contributed by atoms with Gasteiger partial charge in [-0.25, -0.2) is 4.98 Å². The number of benzene rings is 1. The van der Waals surface area contributed by atoms with E-state index in [9.17, 15) is 0 Å². The van der Waals surface area contributed by atoms with Crippen LogP contribution in [0, 0.1) is 31.1 Å². The Morgan fingerprint density at radius 3 is 2.43 bits per heavy atom. The number of aromatic nitrogens is 3. The number of hydrogen-bond donors (Lipinski definition) is 3. The van der Waals surface area contributed by atoms with Gasteiger partial charge in [-0.05, 0) is 76.0 Å². The Bertz CT molecular complexity index is 1200. The summed E-state index contributed by atoms with van der Waals surface area (Å²) in [7, 11) is 0. The van der Waals surface area contributed by atoms with Gasteiger partial charge in [-0.3, -0.25) is 0 Å². The summed E-state index contributed by atoms with van der Waals surface area (Å²) in [6, 6.07) is 4.31. The molecule has 0 atom stereocenters. The second-order valence-electron chi connectivity index (χ2n) is 9.31. The highest BCUT2D eigenvalue weighted by Crippen LogP contribution is 2.45. The highest BCUT2D eigenvalue weighted by molar-refractivity contribution is 6.27. The maximum atomic E-state index is 8.95. The first-order valence-electron chi connectivity index (χ1n) is 11.1. The summed E-state index contributed by atoms with van der Waals surface area (Å²) in [4.78, 5) is 8.57. The molecule has 3 saturated carbocycles. The third-order valence-corrected chi connectivity index (χ3v) is 6.72. The summed E-state index contributed by atoms with van der Waals surface area (Å²) in [5, 5.41) is 13.1. The van der Waals surface area contributed by atoms with Crippen molar-refractivity contribution in [1.82, 2.24) is 15.1 Å². The number of fused-ring (bicyclic) bond motifs is 1. The lowest BCUT2D eigenvalue weighted by Gasteiger charge is -2.15. The molecule has 6 nitrogen and oxygen atoms in total. The van der Waals surface area contributed by atoms with Crippen LogP contribution in [0.25, 0.3) is 27.7 Å². The van der Waals surface area contributed by atoms with E-state index in [4.69, 9.17) is 20.7 Å². The van der Waals surface area contributed by atoms with E-state index in [2.05, 4.69) is 22.3 Å². The molecule has 0 aliphatic heterocycles. The Hall–Kier alpha value is -2.89. The predicted molar refractivity (Wildman–Crippen MR) is 117 cm³/mol. The standard InChI is InChI=1S/C24H27N5O/c1-11-19(12(2)30-29-11)16-9-17(23-18(10-16)27-24(28-23)15-7-8-15)20(21(25)13-3-4-13)22(26)14-5-6-14/h9-10,13-15,25H,3-8,26H2,1-2H3,(H,27,28)/b22-20-,25-21?. The first-order chi connectivity index (χ1) is 14.5. The molecule has 0 bridgehead atoms. The van der Waals surface area contributed by atoms with Gasteiger partial charge in [0, 0.05) is 39.9 Å². The number of allylic oxidation sites excluding steroid dienone is 2. The fraction of sp³-hybridized carbons (Fsp3) is 0.458. The van der Waals surface area contributed by atoms with E-state index in [-0.39, 0.29) is 0 Å². The molecule has 0 radical (unpaired) electrons. The van der Waals surface area contributed by atoms with Crippen molar-refractivity contribution < 1.29 is 4.52 Å². The zero-order chi connectivity index (χ0) is 20.6. The smallest absolute Gasteiger partial charge is 0.141 e. The molecule has 0 saturated heterocycles. The van der Waals surface area contributed by atoms with Crippen LogP contribution in [-0.2, 0) is 0 Å². The second kappa shape index (κ2) is 6.30. The maximum absolute atomic E-state index is 8.95. The van der Waals surface area contributed by atoms with Gasteiger partial charge in [0.1, 0.15) is 11.6 Å². The summed E-state index contributed by atoms with van der Waals surface area (Å²) in [6.07, 6.45) is 6.79. The Morgan fingerprint density at radius 1 is 1.10 bits per heavy atom. The number of nitrogens with two attached hydrogens (primary N) is 1. The SMILES string of the molecule is Cc1noc(C)c1-c1cc(/C(C(=N)C2CC2)=C(/N)C2CC2)c2nc(C3CC3)[nH]c2c1. The van der Waals surface area contributed by atoms with Crippen LogP contribution in [0.4, 0.5) is 0 Å². The fourth-order valence-corrected chi connectivity index (χ4v) is 4.55. The number of nitrogens with one attached hydrogen (secondary N) is 2. The van der Waals surface area contributed by atoms with Crippen molar-refractivity contribution in [1.29, 1.82) is 5.41 Å². The van der Waals surface area contributed by atoms with Gasteiger partial charge in [0.25, 0.3) is 0 Å². The van der Waals surface area contributed by atoms with E-state index >= 15 is 0 Å². The van der Waals surface area contributed by atoms with Crippen LogP contribution in [0.15, 0.2) is 22.4 Å². The van der Waals surface area contributed by atoms with Crippen molar-refractivity contribution in [2.45, 2.75) is 58.3 Å². The first-order valence-corrected chi connectivity index (χ1v) is 11.1. The van der Waals surface area contributed by atoms with Crippen molar-refractivity contribution in [3.63, 3.8) is 0 Å². The maximum Gasteiger partial charge on any atom is 0.141 e. The molecule has 0 spiro atoms. The zero-order valence-corrected chi connectivity index (χ0v) is 17.5. The van der Waals surface area contributed by atoms with Crippen LogP contribution >= 0.6 is 0 Å². The Kier molecular flexibility index (Phi) is 3.77. The quantitative estimate of drug-likeness (QED) is 0.492. The molecule has 1 aromatic carbocycles. The van der Waals surface area contributed by atoms with Crippen LogP contribution < -0.4 is 5.73 Å². The fourth-order valence-electron chi connectivity index (χ4n) is 4.55. The number of aromatic amines is 1. The van der Waals surface area contributed by atoms with Crippen LogP contribution in [-0.4, -0.2) is 20.8 Å². The van der Waals surface area contributed by atoms with Gasteiger partial charge in [0.15, 0.2) is 0 Å². The Labute approximate surface area is 175 Å². The number of rotatable bonds is 6. The summed E-state index contributed by atoms with van der Waals surface area (Å²) >= 11 is 0. The molecule has 3 fully saturated rings. The predicted octanol–water partition coefficient (Wildman–Crippen LogP) is 5.22. The molecular formula is C24H27N5O. The van der Waals surface area contributed by atoms with E-state index in [1.807, 2.05) is 13.8 Å². The lowest BCUT2D eigenvalue weighted by molar-refractivity contribution is 0.393. The summed E-state index contributed by atoms with van der Waals surface area (Å²) in [5.41, 5.74) is 15.1. The van der Waals surface area contributed by atoms with Gasteiger partial charge in [0.2, 0.25) is 0 Å². The number of imidazole rings is 1. The number of nitrogens with zero attached hydrogens (tertiary/aromatic N) is 2. The lowest BCUT2D eigenvalue weighted by Crippen LogP contribution is -2.13. The molecule has 6 rings (SSSR count). The molecule has 154 valence electrons. The van der Waals surface area contributed by atoms with Crippen molar-refractivity contribution in [2.75, 3.05) is 0 Å². The molecule has 6 heteroatoms. The third kappa shape index (κ3) is 2.89. The topological polar surface area (TPSA) is 105 Å². The van der Waals surface area contributed by atoms with Crippen LogP contribution in [0.5, 0.6) is 0 Å². The van der Waals surface area contributed by atoms with Gasteiger partial charge < -0.3 is 20.7 Å². The van der Waals surface area contributed by atoms with Gasteiger partial charge in [0.05, 0.1) is 16.7 Å². The molecule has 0 amide bonds. The highest BCUT2D eigenvalue weighted by atomic mass is 16.5. The average molecular weight is 402 g/mol. The van der Waals surface area contributed by atoms with E-state index < -0.39 is 0 Å². The van der Waals surface area contributed by atoms with Gasteiger partial charge >= 0.3 is 0 Å². The van der Waals surface area contributed by atoms with Gasteiger partial charge in [-0.15, -0.1) is 0 Å². The number of hydrogen-bond acceptors (Lipinski definition) is 5. The van der Waals surface area contributed by atoms with Gasteiger partial charge in [-0.2, -0.15) is 0 Å². The molecule has 30 heavy (non-hydrogen) atoms. The minimum absolute atomic E-state index is 0.330.